The van der Waals surface area contributed by atoms with Crippen molar-refractivity contribution in [2.75, 3.05) is 33.7 Å². The monoisotopic (exact) mass is 522 g/mol. The number of halogens is 2. The molecule has 0 aliphatic heterocycles. The van der Waals surface area contributed by atoms with Gasteiger partial charge >= 0.3 is 0 Å². The summed E-state index contributed by atoms with van der Waals surface area (Å²) >= 11 is 5.89. The van der Waals surface area contributed by atoms with Crippen LogP contribution >= 0.6 is 35.6 Å². The van der Waals surface area contributed by atoms with Gasteiger partial charge in [0.1, 0.15) is 0 Å². The van der Waals surface area contributed by atoms with Gasteiger partial charge in [-0.1, -0.05) is 36.6 Å². The van der Waals surface area contributed by atoms with Crippen LogP contribution in [0.3, 0.4) is 0 Å². The van der Waals surface area contributed by atoms with E-state index in [0.717, 1.165) is 31.2 Å². The average molecular weight is 523 g/mol. The van der Waals surface area contributed by atoms with E-state index in [9.17, 15) is 9.90 Å². The second kappa shape index (κ2) is 11.8. The normalized spacial score (nSPS) is 16.8. The number of carbonyl (C=O) groups is 1. The van der Waals surface area contributed by atoms with Crippen molar-refractivity contribution < 1.29 is 9.90 Å². The lowest BCUT2D eigenvalue weighted by Gasteiger charge is -2.29. The van der Waals surface area contributed by atoms with Crippen LogP contribution in [-0.4, -0.2) is 55.6 Å². The lowest BCUT2D eigenvalue weighted by atomic mass is 9.85. The van der Waals surface area contributed by atoms with Crippen LogP contribution in [0.4, 0.5) is 0 Å². The van der Waals surface area contributed by atoms with Crippen molar-refractivity contribution in [3.05, 3.63) is 34.9 Å². The molecule has 6 nitrogen and oxygen atoms in total. The van der Waals surface area contributed by atoms with E-state index in [1.165, 1.54) is 0 Å². The Morgan fingerprint density at radius 3 is 2.39 bits per heavy atom. The molecule has 0 aromatic heterocycles. The molecule has 1 aliphatic carbocycles. The fourth-order valence-electron chi connectivity index (χ4n) is 3.53. The van der Waals surface area contributed by atoms with E-state index in [1.807, 2.05) is 19.1 Å². The number of aliphatic hydroxyl groups is 1. The number of guanidine groups is 1. The first-order chi connectivity index (χ1) is 12.9. The molecular weight excluding hydrogens is 491 g/mol. The third-order valence-corrected chi connectivity index (χ3v) is 5.27. The molecule has 0 saturated heterocycles. The molecule has 0 heterocycles. The summed E-state index contributed by atoms with van der Waals surface area (Å²) in [6.45, 7) is 3.47. The molecule has 0 radical (unpaired) electrons. The molecule has 1 fully saturated rings. The molecule has 0 bridgehead atoms. The third-order valence-electron chi connectivity index (χ3n) is 5.02. The Balaban J connectivity index is 0.00000392. The van der Waals surface area contributed by atoms with E-state index < -0.39 is 11.5 Å². The van der Waals surface area contributed by atoms with Gasteiger partial charge in [0, 0.05) is 32.2 Å². The van der Waals surface area contributed by atoms with Gasteiger partial charge in [0.15, 0.2) is 5.96 Å². The second-order valence-electron chi connectivity index (χ2n) is 7.33. The third kappa shape index (κ3) is 6.77. The molecule has 0 spiro atoms. The first-order valence-corrected chi connectivity index (χ1v) is 9.93. The van der Waals surface area contributed by atoms with Gasteiger partial charge < -0.3 is 20.6 Å². The molecule has 2 rings (SSSR count). The Hall–Kier alpha value is -1.06. The largest absolute Gasteiger partial charge is 0.387 e. The van der Waals surface area contributed by atoms with Gasteiger partial charge in [-0.3, -0.25) is 9.79 Å². The van der Waals surface area contributed by atoms with Crippen molar-refractivity contribution in [3.8, 4) is 0 Å². The van der Waals surface area contributed by atoms with E-state index in [1.54, 1.807) is 31.1 Å². The summed E-state index contributed by atoms with van der Waals surface area (Å²) in [7, 11) is 3.61. The van der Waals surface area contributed by atoms with Crippen molar-refractivity contribution >= 4 is 47.4 Å². The van der Waals surface area contributed by atoms with Gasteiger partial charge in [-0.15, -0.1) is 24.0 Å². The van der Waals surface area contributed by atoms with Crippen LogP contribution in [-0.2, 0) is 4.79 Å². The number of amides is 1. The molecule has 158 valence electrons. The highest BCUT2D eigenvalue weighted by molar-refractivity contribution is 14.0. The van der Waals surface area contributed by atoms with Crippen molar-refractivity contribution in [2.45, 2.75) is 38.7 Å². The van der Waals surface area contributed by atoms with E-state index >= 15 is 0 Å². The number of carbonyl (C=O) groups excluding carboxylic acids is 1. The Kier molecular flexibility index (Phi) is 10.5. The van der Waals surface area contributed by atoms with Crippen LogP contribution < -0.4 is 10.6 Å². The SMILES string of the molecule is CCNC(=NCC1(C(=O)N(C)C)CCCC1)NCC(O)c1ccc(Cl)cc1.I. The number of nitrogens with zero attached hydrogens (tertiary/aromatic N) is 2. The fourth-order valence-corrected chi connectivity index (χ4v) is 3.66. The van der Waals surface area contributed by atoms with Gasteiger partial charge in [0.25, 0.3) is 0 Å². The lowest BCUT2D eigenvalue weighted by Crippen LogP contribution is -2.43. The Morgan fingerprint density at radius 1 is 1.25 bits per heavy atom. The minimum Gasteiger partial charge on any atom is -0.387 e. The zero-order chi connectivity index (χ0) is 19.9. The summed E-state index contributed by atoms with van der Waals surface area (Å²) in [6.07, 6.45) is 3.21. The second-order valence-corrected chi connectivity index (χ2v) is 7.77. The summed E-state index contributed by atoms with van der Waals surface area (Å²) in [5, 5.41) is 17.4. The summed E-state index contributed by atoms with van der Waals surface area (Å²) in [4.78, 5) is 19.0. The molecule has 1 aromatic rings. The molecule has 1 aromatic carbocycles. The number of benzene rings is 1. The quantitative estimate of drug-likeness (QED) is 0.292. The van der Waals surface area contributed by atoms with E-state index in [-0.39, 0.29) is 29.9 Å². The van der Waals surface area contributed by atoms with Gasteiger partial charge in [-0.25, -0.2) is 0 Å². The molecule has 28 heavy (non-hydrogen) atoms. The van der Waals surface area contributed by atoms with Crippen molar-refractivity contribution in [1.29, 1.82) is 0 Å². The van der Waals surface area contributed by atoms with Crippen LogP contribution in [0.5, 0.6) is 0 Å². The van der Waals surface area contributed by atoms with Crippen molar-refractivity contribution in [3.63, 3.8) is 0 Å². The van der Waals surface area contributed by atoms with Gasteiger partial charge in [0.05, 0.1) is 18.1 Å². The summed E-state index contributed by atoms with van der Waals surface area (Å²) in [5.41, 5.74) is 0.387. The number of hydrogen-bond acceptors (Lipinski definition) is 3. The Morgan fingerprint density at radius 2 is 1.86 bits per heavy atom. The Labute approximate surface area is 190 Å². The molecule has 1 aliphatic rings. The molecule has 1 saturated carbocycles. The summed E-state index contributed by atoms with van der Waals surface area (Å²) < 4.78 is 0. The topological polar surface area (TPSA) is 77.0 Å². The smallest absolute Gasteiger partial charge is 0.230 e. The molecular formula is C20H32ClIN4O2. The van der Waals surface area contributed by atoms with Crippen LogP contribution in [0.2, 0.25) is 5.02 Å². The van der Waals surface area contributed by atoms with Crippen LogP contribution in [0.15, 0.2) is 29.3 Å². The first-order valence-electron chi connectivity index (χ1n) is 9.55. The van der Waals surface area contributed by atoms with Crippen molar-refractivity contribution in [1.82, 2.24) is 15.5 Å². The van der Waals surface area contributed by atoms with E-state index in [2.05, 4.69) is 15.6 Å². The maximum absolute atomic E-state index is 12.7. The fraction of sp³-hybridized carbons (Fsp3) is 0.600. The summed E-state index contributed by atoms with van der Waals surface area (Å²) in [6, 6.07) is 7.14. The van der Waals surface area contributed by atoms with Gasteiger partial charge in [0.2, 0.25) is 5.91 Å². The molecule has 1 amide bonds. The maximum Gasteiger partial charge on any atom is 0.230 e. The van der Waals surface area contributed by atoms with Crippen LogP contribution in [0.1, 0.15) is 44.3 Å². The minimum absolute atomic E-state index is 0. The van der Waals surface area contributed by atoms with Crippen LogP contribution in [0, 0.1) is 5.41 Å². The first kappa shape index (κ1) is 25.0. The zero-order valence-electron chi connectivity index (χ0n) is 16.9. The lowest BCUT2D eigenvalue weighted by molar-refractivity contribution is -0.138. The molecule has 8 heteroatoms. The van der Waals surface area contributed by atoms with Crippen LogP contribution in [0.25, 0.3) is 0 Å². The summed E-state index contributed by atoms with van der Waals surface area (Å²) in [5.74, 6) is 0.768. The number of aliphatic imine (C=N–C) groups is 1. The van der Waals surface area contributed by atoms with E-state index in [4.69, 9.17) is 11.6 Å². The highest BCUT2D eigenvalue weighted by Gasteiger charge is 2.42. The number of aliphatic hydroxyl groups excluding tert-OH is 1. The zero-order valence-corrected chi connectivity index (χ0v) is 20.0. The predicted molar refractivity (Wildman–Crippen MR) is 125 cm³/mol. The molecule has 1 atom stereocenters. The molecule has 1 unspecified atom stereocenters. The van der Waals surface area contributed by atoms with Gasteiger partial charge in [-0.2, -0.15) is 0 Å². The maximum atomic E-state index is 12.7. The predicted octanol–water partition coefficient (Wildman–Crippen LogP) is 3.20. The van der Waals surface area contributed by atoms with Crippen molar-refractivity contribution in [2.24, 2.45) is 10.4 Å². The average Bonchev–Trinajstić information content (AvgIpc) is 3.13. The number of nitrogens with one attached hydrogen (secondary N) is 2. The van der Waals surface area contributed by atoms with E-state index in [0.29, 0.717) is 30.6 Å². The standard InChI is InChI=1S/C20H31ClN4O2.HI/c1-4-22-19(23-13-17(26)15-7-9-16(21)10-8-15)24-14-20(11-5-6-12-20)18(27)25(2)3;/h7-10,17,26H,4-6,11-14H2,1-3H3,(H2,22,23,24);1H. The highest BCUT2D eigenvalue weighted by atomic mass is 127. The molecule has 3 N–H and O–H groups in total. The number of rotatable bonds is 7. The number of hydrogen-bond donors (Lipinski definition) is 3. The minimum atomic E-state index is -0.671. The van der Waals surface area contributed by atoms with Gasteiger partial charge in [-0.05, 0) is 37.5 Å². The highest BCUT2D eigenvalue weighted by Crippen LogP contribution is 2.39. The Bertz CT molecular complexity index is 646.